The molecule has 0 aromatic heterocycles. The molecule has 2 heterocycles. The highest BCUT2D eigenvalue weighted by Gasteiger charge is 2.36. The van der Waals surface area contributed by atoms with E-state index in [1.54, 1.807) is 21.3 Å². The lowest BCUT2D eigenvalue weighted by atomic mass is 9.81. The van der Waals surface area contributed by atoms with Crippen molar-refractivity contribution in [2.45, 2.75) is 45.1 Å². The van der Waals surface area contributed by atoms with E-state index in [2.05, 4.69) is 15.9 Å². The third-order valence-electron chi connectivity index (χ3n) is 3.92. The van der Waals surface area contributed by atoms with E-state index in [1.807, 2.05) is 45.6 Å². The van der Waals surface area contributed by atoms with E-state index in [9.17, 15) is 5.11 Å². The van der Waals surface area contributed by atoms with E-state index in [0.717, 1.165) is 5.47 Å². The van der Waals surface area contributed by atoms with Crippen LogP contribution < -0.4 is 0 Å². The Hall–Kier alpha value is -1.20. The van der Waals surface area contributed by atoms with Gasteiger partial charge in [-0.25, -0.2) is 0 Å². The molecule has 1 N–H and O–H groups in total. The zero-order valence-electron chi connectivity index (χ0n) is 12.3. The zero-order chi connectivity index (χ0) is 14.3. The Morgan fingerprint density at radius 2 is 1.95 bits per heavy atom. The minimum atomic E-state index is -0.904. The number of likely N-dealkylation sites (N-methyl/N-ethyl adjacent to an activating group) is 1. The maximum atomic E-state index is 10.0. The highest BCUT2D eigenvalue weighted by molar-refractivity contribution is 6.39. The van der Waals surface area contributed by atoms with Crippen LogP contribution in [0.5, 0.6) is 0 Å². The normalized spacial score (nSPS) is 22.6. The fourth-order valence-electron chi connectivity index (χ4n) is 1.76. The Bertz CT molecular complexity index is 435. The summed E-state index contributed by atoms with van der Waals surface area (Å²) in [4.78, 5) is 4.25. The van der Waals surface area contributed by atoms with Crippen molar-refractivity contribution in [2.24, 2.45) is 0 Å². The summed E-state index contributed by atoms with van der Waals surface area (Å²) >= 11 is 0. The van der Waals surface area contributed by atoms with Crippen molar-refractivity contribution in [1.82, 2.24) is 9.80 Å². The first-order chi connectivity index (χ1) is 8.71. The van der Waals surface area contributed by atoms with Crippen LogP contribution in [0.15, 0.2) is 36.2 Å². The van der Waals surface area contributed by atoms with Gasteiger partial charge in [-0.2, -0.15) is 0 Å². The molecule has 4 nitrogen and oxygen atoms in total. The molecule has 2 aliphatic heterocycles. The number of hydrogen-bond acceptors (Lipinski definition) is 4. The van der Waals surface area contributed by atoms with Gasteiger partial charge in [0.25, 0.3) is 0 Å². The maximum absolute atomic E-state index is 10.0. The van der Waals surface area contributed by atoms with Crippen molar-refractivity contribution in [2.75, 3.05) is 7.05 Å². The van der Waals surface area contributed by atoms with Gasteiger partial charge in [-0.05, 0) is 39.2 Å². The monoisotopic (exact) mass is 261 g/mol. The van der Waals surface area contributed by atoms with Gasteiger partial charge in [-0.3, -0.25) is 0 Å². The van der Waals surface area contributed by atoms with Crippen LogP contribution in [0.3, 0.4) is 0 Å². The van der Waals surface area contributed by atoms with Crippen molar-refractivity contribution >= 4 is 7.48 Å². The lowest BCUT2D eigenvalue weighted by Crippen LogP contribution is -2.48. The second-order valence-corrected chi connectivity index (χ2v) is 6.12. The van der Waals surface area contributed by atoms with Gasteiger partial charge in [0, 0.05) is 25.6 Å². The second-order valence-electron chi connectivity index (χ2n) is 6.12. The fraction of sp³-hybridized carbons (Fsp3) is 0.571. The van der Waals surface area contributed by atoms with Crippen molar-refractivity contribution < 1.29 is 9.76 Å². The summed E-state index contributed by atoms with van der Waals surface area (Å²) in [5.74, 6) is 0. The molecule has 2 aliphatic rings. The Morgan fingerprint density at radius 1 is 1.26 bits per heavy atom. The summed E-state index contributed by atoms with van der Waals surface area (Å²) in [5.41, 5.74) is -0.567. The van der Waals surface area contributed by atoms with Gasteiger partial charge >= 0.3 is 7.48 Å². The molecule has 5 heteroatoms. The average Bonchev–Trinajstić information content (AvgIpc) is 2.67. The molecule has 0 amide bonds. The summed E-state index contributed by atoms with van der Waals surface area (Å²) in [6, 6.07) is 0. The van der Waals surface area contributed by atoms with Gasteiger partial charge in [-0.1, -0.05) is 6.08 Å². The summed E-state index contributed by atoms with van der Waals surface area (Å²) in [6.07, 6.45) is 10.5. The summed E-state index contributed by atoms with van der Waals surface area (Å²) in [5, 5.41) is 10.0. The number of rotatable bonds is 4. The molecular weight excluding hydrogens is 239 g/mol. The highest BCUT2D eigenvalue weighted by atomic mass is 16.5. The van der Waals surface area contributed by atoms with Crippen LogP contribution in [0.4, 0.5) is 0 Å². The van der Waals surface area contributed by atoms with Crippen LogP contribution in [-0.2, 0) is 4.65 Å². The number of allylic oxidation sites excluding steroid dienone is 2. The van der Waals surface area contributed by atoms with E-state index >= 15 is 0 Å². The van der Waals surface area contributed by atoms with Crippen LogP contribution in [0.2, 0.25) is 0 Å². The summed E-state index contributed by atoms with van der Waals surface area (Å²) in [6.45, 7) is 7.26. The first kappa shape index (κ1) is 14.2. The molecule has 103 valence electrons. The van der Waals surface area contributed by atoms with E-state index in [0.29, 0.717) is 0 Å². The third kappa shape index (κ3) is 2.87. The first-order valence-corrected chi connectivity index (χ1v) is 6.52. The zero-order valence-corrected chi connectivity index (χ0v) is 12.3. The van der Waals surface area contributed by atoms with Crippen LogP contribution in [0, 0.1) is 0 Å². The summed E-state index contributed by atoms with van der Waals surface area (Å²) in [7, 11) is 3.75. The first-order valence-electron chi connectivity index (χ1n) is 6.52. The Balaban J connectivity index is 1.97. The lowest BCUT2D eigenvalue weighted by molar-refractivity contribution is -0.0896. The van der Waals surface area contributed by atoms with Crippen molar-refractivity contribution in [3.05, 3.63) is 36.2 Å². The molecule has 0 spiro atoms. The van der Waals surface area contributed by atoms with Gasteiger partial charge in [0.1, 0.15) is 6.17 Å². The molecule has 2 rings (SSSR count). The predicted molar refractivity (Wildman–Crippen MR) is 77.0 cm³/mol. The topological polar surface area (TPSA) is 35.9 Å². The molecule has 0 aliphatic carbocycles. The number of aliphatic hydroxyl groups is 1. The fourth-order valence-corrected chi connectivity index (χ4v) is 1.76. The van der Waals surface area contributed by atoms with Crippen LogP contribution in [0.25, 0.3) is 0 Å². The molecule has 0 saturated heterocycles. The minimum Gasteiger partial charge on any atom is -0.427 e. The Kier molecular flexibility index (Phi) is 3.54. The number of fused-ring (bicyclic) bond motifs is 1. The maximum Gasteiger partial charge on any atom is 0.332 e. The molecule has 0 aromatic carbocycles. The van der Waals surface area contributed by atoms with Crippen LogP contribution in [-0.4, -0.2) is 46.8 Å². The quantitative estimate of drug-likeness (QED) is 0.780. The molecule has 1 unspecified atom stereocenters. The number of nitrogens with zero attached hydrogens (tertiary/aromatic N) is 2. The molecule has 0 saturated carbocycles. The highest BCUT2D eigenvalue weighted by Crippen LogP contribution is 2.26. The Morgan fingerprint density at radius 3 is 2.58 bits per heavy atom. The van der Waals surface area contributed by atoms with Gasteiger partial charge in [-0.15, -0.1) is 0 Å². The van der Waals surface area contributed by atoms with Crippen molar-refractivity contribution in [1.29, 1.82) is 0 Å². The Labute approximate surface area is 116 Å². The van der Waals surface area contributed by atoms with Gasteiger partial charge in [0.15, 0.2) is 0 Å². The lowest BCUT2D eigenvalue weighted by Gasteiger charge is -2.38. The molecule has 1 atom stereocenters. The third-order valence-corrected chi connectivity index (χ3v) is 3.92. The average molecular weight is 261 g/mol. The van der Waals surface area contributed by atoms with Gasteiger partial charge in [0.05, 0.1) is 11.2 Å². The molecule has 0 fully saturated rings. The second kappa shape index (κ2) is 4.73. The van der Waals surface area contributed by atoms with E-state index in [1.165, 1.54) is 0 Å². The van der Waals surface area contributed by atoms with Gasteiger partial charge in [0.2, 0.25) is 0 Å². The van der Waals surface area contributed by atoms with Crippen LogP contribution in [0.1, 0.15) is 27.7 Å². The molecular formula is C14H22BN2O2. The van der Waals surface area contributed by atoms with E-state index in [-0.39, 0.29) is 6.17 Å². The molecule has 19 heavy (non-hydrogen) atoms. The predicted octanol–water partition coefficient (Wildman–Crippen LogP) is 1.63. The van der Waals surface area contributed by atoms with Crippen LogP contribution >= 0.6 is 0 Å². The SMILES string of the molecule is CN1C=CN2C=C([B]OC(C)(C)C(C)(C)O)C=CC12. The standard InChI is InChI=1S/C14H22BN2O2/c1-13(2,18)14(3,4)19-15-11-6-7-12-16(5)8-9-17(12)10-11/h6-10,12,18H,1-5H3. The molecule has 0 bridgehead atoms. The van der Waals surface area contributed by atoms with Crippen molar-refractivity contribution in [3.8, 4) is 0 Å². The largest absolute Gasteiger partial charge is 0.427 e. The molecule has 1 radical (unpaired) electrons. The van der Waals surface area contributed by atoms with E-state index < -0.39 is 11.2 Å². The molecule has 0 aromatic rings. The smallest absolute Gasteiger partial charge is 0.332 e. The summed E-state index contributed by atoms with van der Waals surface area (Å²) < 4.78 is 5.75. The number of hydrogen-bond donors (Lipinski definition) is 1. The van der Waals surface area contributed by atoms with Crippen molar-refractivity contribution in [3.63, 3.8) is 0 Å². The minimum absolute atomic E-state index is 0.263. The van der Waals surface area contributed by atoms with E-state index in [4.69, 9.17) is 4.65 Å². The van der Waals surface area contributed by atoms with Gasteiger partial charge < -0.3 is 19.6 Å².